The van der Waals surface area contributed by atoms with Gasteiger partial charge in [0.05, 0.1) is 4.90 Å². The van der Waals surface area contributed by atoms with Crippen LogP contribution in [0.15, 0.2) is 29.2 Å². The zero-order valence-corrected chi connectivity index (χ0v) is 15.1. The third kappa shape index (κ3) is 4.78. The third-order valence-corrected chi connectivity index (χ3v) is 5.25. The summed E-state index contributed by atoms with van der Waals surface area (Å²) in [6.45, 7) is 8.70. The molecule has 1 aromatic carbocycles. The van der Waals surface area contributed by atoms with Crippen LogP contribution in [0.2, 0.25) is 0 Å². The highest BCUT2D eigenvalue weighted by molar-refractivity contribution is 7.89. The van der Waals surface area contributed by atoms with Crippen LogP contribution in [0, 0.1) is 5.92 Å². The number of hydrogen-bond donors (Lipinski definition) is 1. The number of sulfonamides is 1. The normalized spacial score (nSPS) is 15.2. The van der Waals surface area contributed by atoms with Gasteiger partial charge in [0.15, 0.2) is 0 Å². The minimum Gasteiger partial charge on any atom is -0.336 e. The molecule has 0 atom stereocenters. The van der Waals surface area contributed by atoms with Gasteiger partial charge in [-0.15, -0.1) is 0 Å². The van der Waals surface area contributed by atoms with Crippen LogP contribution in [0.25, 0.3) is 0 Å². The Balaban J connectivity index is 2.25. The lowest BCUT2D eigenvalue weighted by atomic mass is 10.1. The SMILES string of the molecule is CC(C)CN(C(=O)c1cccc(S(=O)(=O)NC2CC2)c1)C(C)C. The highest BCUT2D eigenvalue weighted by atomic mass is 32.2. The van der Waals surface area contributed by atoms with Gasteiger partial charge in [-0.1, -0.05) is 19.9 Å². The zero-order valence-electron chi connectivity index (χ0n) is 14.2. The molecule has 0 radical (unpaired) electrons. The van der Waals surface area contributed by atoms with Crippen molar-refractivity contribution in [3.8, 4) is 0 Å². The third-order valence-electron chi connectivity index (χ3n) is 3.74. The smallest absolute Gasteiger partial charge is 0.254 e. The molecule has 1 saturated carbocycles. The Morgan fingerprint density at radius 3 is 2.43 bits per heavy atom. The molecule has 0 heterocycles. The molecule has 2 rings (SSSR count). The number of hydrogen-bond acceptors (Lipinski definition) is 3. The summed E-state index contributed by atoms with van der Waals surface area (Å²) < 4.78 is 27.2. The van der Waals surface area contributed by atoms with Crippen LogP contribution in [0.5, 0.6) is 0 Å². The average Bonchev–Trinajstić information content (AvgIpc) is 3.27. The fourth-order valence-electron chi connectivity index (χ4n) is 2.37. The van der Waals surface area contributed by atoms with Gasteiger partial charge in [-0.2, -0.15) is 0 Å². The van der Waals surface area contributed by atoms with Crippen LogP contribution < -0.4 is 4.72 Å². The Morgan fingerprint density at radius 1 is 1.26 bits per heavy atom. The first-order valence-electron chi connectivity index (χ1n) is 8.14. The van der Waals surface area contributed by atoms with Gasteiger partial charge in [-0.25, -0.2) is 13.1 Å². The first kappa shape index (κ1) is 17.9. The second kappa shape index (κ2) is 7.01. The number of carbonyl (C=O) groups is 1. The van der Waals surface area contributed by atoms with Crippen molar-refractivity contribution in [2.24, 2.45) is 5.92 Å². The first-order chi connectivity index (χ1) is 10.7. The van der Waals surface area contributed by atoms with Crippen molar-refractivity contribution < 1.29 is 13.2 Å². The predicted octanol–water partition coefficient (Wildman–Crippen LogP) is 2.63. The number of amides is 1. The minimum absolute atomic E-state index is 0.0486. The molecule has 0 aromatic heterocycles. The summed E-state index contributed by atoms with van der Waals surface area (Å²) in [5.41, 5.74) is 0.415. The summed E-state index contributed by atoms with van der Waals surface area (Å²) in [6, 6.07) is 6.42. The Hall–Kier alpha value is -1.40. The van der Waals surface area contributed by atoms with Crippen LogP contribution in [-0.2, 0) is 10.0 Å². The molecule has 0 unspecified atom stereocenters. The van der Waals surface area contributed by atoms with Crippen molar-refractivity contribution in [1.82, 2.24) is 9.62 Å². The van der Waals surface area contributed by atoms with E-state index in [0.29, 0.717) is 18.0 Å². The predicted molar refractivity (Wildman–Crippen MR) is 90.8 cm³/mol. The average molecular weight is 338 g/mol. The number of benzene rings is 1. The fraction of sp³-hybridized carbons (Fsp3) is 0.588. The van der Waals surface area contributed by atoms with Crippen LogP contribution in [0.3, 0.4) is 0 Å². The first-order valence-corrected chi connectivity index (χ1v) is 9.62. The molecule has 0 aliphatic heterocycles. The van der Waals surface area contributed by atoms with Crippen LogP contribution in [-0.4, -0.2) is 37.9 Å². The van der Waals surface area contributed by atoms with Crippen molar-refractivity contribution in [1.29, 1.82) is 0 Å². The Labute approximate surface area is 139 Å². The van der Waals surface area contributed by atoms with Crippen molar-refractivity contribution in [3.05, 3.63) is 29.8 Å². The molecule has 1 N–H and O–H groups in total. The Kier molecular flexibility index (Phi) is 5.47. The molecule has 23 heavy (non-hydrogen) atoms. The van der Waals surface area contributed by atoms with E-state index in [1.807, 2.05) is 13.8 Å². The van der Waals surface area contributed by atoms with Crippen LogP contribution in [0.1, 0.15) is 50.9 Å². The van der Waals surface area contributed by atoms with Gasteiger partial charge in [0.25, 0.3) is 5.91 Å². The molecule has 5 nitrogen and oxygen atoms in total. The van der Waals surface area contributed by atoms with E-state index < -0.39 is 10.0 Å². The van der Waals surface area contributed by atoms with E-state index in [0.717, 1.165) is 12.8 Å². The number of nitrogens with zero attached hydrogens (tertiary/aromatic N) is 1. The second-order valence-electron chi connectivity index (χ2n) is 6.87. The number of carbonyl (C=O) groups excluding carboxylic acids is 1. The Bertz CT molecular complexity index is 664. The molecule has 0 bridgehead atoms. The summed E-state index contributed by atoms with van der Waals surface area (Å²) in [4.78, 5) is 14.7. The van der Waals surface area contributed by atoms with Crippen molar-refractivity contribution >= 4 is 15.9 Å². The highest BCUT2D eigenvalue weighted by Crippen LogP contribution is 2.23. The topological polar surface area (TPSA) is 66.5 Å². The highest BCUT2D eigenvalue weighted by Gasteiger charge is 2.28. The summed E-state index contributed by atoms with van der Waals surface area (Å²) >= 11 is 0. The summed E-state index contributed by atoms with van der Waals surface area (Å²) in [5.74, 6) is 0.224. The van der Waals surface area contributed by atoms with E-state index in [-0.39, 0.29) is 22.9 Å². The molecule has 1 amide bonds. The van der Waals surface area contributed by atoms with Crippen molar-refractivity contribution in [2.75, 3.05) is 6.54 Å². The maximum atomic E-state index is 12.7. The molecular weight excluding hydrogens is 312 g/mol. The molecule has 6 heteroatoms. The second-order valence-corrected chi connectivity index (χ2v) is 8.58. The van der Waals surface area contributed by atoms with Crippen LogP contribution in [0.4, 0.5) is 0 Å². The lowest BCUT2D eigenvalue weighted by Gasteiger charge is -2.28. The monoisotopic (exact) mass is 338 g/mol. The molecule has 1 aliphatic carbocycles. The molecule has 1 fully saturated rings. The summed E-state index contributed by atoms with van der Waals surface area (Å²) in [5, 5.41) is 0. The largest absolute Gasteiger partial charge is 0.336 e. The summed E-state index contributed by atoms with van der Waals surface area (Å²) in [6.07, 6.45) is 1.76. The lowest BCUT2D eigenvalue weighted by Crippen LogP contribution is -2.39. The van der Waals surface area contributed by atoms with Gasteiger partial charge in [-0.3, -0.25) is 4.79 Å². The quantitative estimate of drug-likeness (QED) is 0.831. The van der Waals surface area contributed by atoms with E-state index in [1.165, 1.54) is 12.1 Å². The van der Waals surface area contributed by atoms with Crippen LogP contribution >= 0.6 is 0 Å². The molecular formula is C17H26N2O3S. The van der Waals surface area contributed by atoms with Gasteiger partial charge in [0, 0.05) is 24.2 Å². The molecule has 0 spiro atoms. The van der Waals surface area contributed by atoms with Gasteiger partial charge >= 0.3 is 0 Å². The van der Waals surface area contributed by atoms with Gasteiger partial charge in [0.1, 0.15) is 0 Å². The number of nitrogens with one attached hydrogen (secondary N) is 1. The van der Waals surface area contributed by atoms with E-state index in [2.05, 4.69) is 18.6 Å². The van der Waals surface area contributed by atoms with E-state index >= 15 is 0 Å². The number of rotatable bonds is 7. The lowest BCUT2D eigenvalue weighted by molar-refractivity contribution is 0.0681. The Morgan fingerprint density at radius 2 is 1.91 bits per heavy atom. The molecule has 1 aliphatic rings. The van der Waals surface area contributed by atoms with E-state index in [9.17, 15) is 13.2 Å². The fourth-order valence-corrected chi connectivity index (χ4v) is 3.72. The van der Waals surface area contributed by atoms with E-state index in [1.54, 1.807) is 17.0 Å². The van der Waals surface area contributed by atoms with Crippen molar-refractivity contribution in [3.63, 3.8) is 0 Å². The minimum atomic E-state index is -3.54. The molecule has 0 saturated heterocycles. The standard InChI is InChI=1S/C17H26N2O3S/c1-12(2)11-19(13(3)4)17(20)14-6-5-7-16(10-14)23(21,22)18-15-8-9-15/h5-7,10,12-13,15,18H,8-9,11H2,1-4H3. The van der Waals surface area contributed by atoms with Gasteiger partial charge in [-0.05, 0) is 50.8 Å². The molecule has 128 valence electrons. The maximum absolute atomic E-state index is 12.7. The summed E-state index contributed by atoms with van der Waals surface area (Å²) in [7, 11) is -3.54. The molecule has 1 aromatic rings. The van der Waals surface area contributed by atoms with E-state index in [4.69, 9.17) is 0 Å². The maximum Gasteiger partial charge on any atom is 0.254 e. The zero-order chi connectivity index (χ0) is 17.2. The van der Waals surface area contributed by atoms with Gasteiger partial charge in [0.2, 0.25) is 10.0 Å². The van der Waals surface area contributed by atoms with Gasteiger partial charge < -0.3 is 4.90 Å². The van der Waals surface area contributed by atoms with Crippen molar-refractivity contribution in [2.45, 2.75) is 57.5 Å².